The summed E-state index contributed by atoms with van der Waals surface area (Å²) in [6.07, 6.45) is 2.02. The van der Waals surface area contributed by atoms with Gasteiger partial charge in [0.05, 0.1) is 6.54 Å². The van der Waals surface area contributed by atoms with Crippen LogP contribution in [0.15, 0.2) is 16.4 Å². The van der Waals surface area contributed by atoms with E-state index in [4.69, 9.17) is 0 Å². The van der Waals surface area contributed by atoms with Crippen LogP contribution in [0.1, 0.15) is 10.4 Å². The molecule has 88 valence electrons. The first-order valence-electron chi connectivity index (χ1n) is 5.83. The monoisotopic (exact) mass is 237 g/mol. The lowest BCUT2D eigenvalue weighted by molar-refractivity contribution is 0.248. The molecule has 3 nitrogen and oxygen atoms in total. The smallest absolute Gasteiger partial charge is 0.0517 e. The Morgan fingerprint density at radius 1 is 1.50 bits per heavy atom. The Morgan fingerprint density at radius 2 is 2.31 bits per heavy atom. The van der Waals surface area contributed by atoms with E-state index in [-0.39, 0.29) is 0 Å². The largest absolute Gasteiger partial charge is 0.314 e. The summed E-state index contributed by atoms with van der Waals surface area (Å²) in [6, 6.07) is 2.14. The van der Waals surface area contributed by atoms with Crippen LogP contribution >= 0.6 is 11.3 Å². The van der Waals surface area contributed by atoms with E-state index in [1.807, 2.05) is 6.21 Å². The number of hydrogen-bond acceptors (Lipinski definition) is 4. The molecule has 0 aromatic carbocycles. The highest BCUT2D eigenvalue weighted by Crippen LogP contribution is 2.12. The van der Waals surface area contributed by atoms with E-state index in [9.17, 15) is 0 Å². The Labute approximate surface area is 101 Å². The van der Waals surface area contributed by atoms with Crippen LogP contribution in [0.5, 0.6) is 0 Å². The predicted octanol–water partition coefficient (Wildman–Crippen LogP) is 1.38. The van der Waals surface area contributed by atoms with Crippen molar-refractivity contribution in [2.24, 2.45) is 4.99 Å². The molecule has 1 aromatic heterocycles. The second-order valence-corrected chi connectivity index (χ2v) is 5.04. The van der Waals surface area contributed by atoms with Gasteiger partial charge in [0.2, 0.25) is 0 Å². The number of nitrogens with zero attached hydrogens (tertiary/aromatic N) is 2. The van der Waals surface area contributed by atoms with Crippen molar-refractivity contribution in [3.8, 4) is 0 Å². The molecule has 1 aliphatic rings. The van der Waals surface area contributed by atoms with Gasteiger partial charge in [-0.2, -0.15) is 0 Å². The topological polar surface area (TPSA) is 27.6 Å². The van der Waals surface area contributed by atoms with Gasteiger partial charge in [-0.25, -0.2) is 0 Å². The molecule has 1 fully saturated rings. The Morgan fingerprint density at radius 3 is 3.00 bits per heavy atom. The Balaban J connectivity index is 1.71. The summed E-state index contributed by atoms with van der Waals surface area (Å²) in [4.78, 5) is 8.25. The van der Waals surface area contributed by atoms with Gasteiger partial charge in [-0.1, -0.05) is 0 Å². The molecular formula is C12H19N3S. The molecule has 0 bridgehead atoms. The highest BCUT2D eigenvalue weighted by molar-refractivity contribution is 7.11. The van der Waals surface area contributed by atoms with Gasteiger partial charge in [0.1, 0.15) is 0 Å². The van der Waals surface area contributed by atoms with Crippen molar-refractivity contribution in [2.45, 2.75) is 6.92 Å². The second kappa shape index (κ2) is 6.13. The van der Waals surface area contributed by atoms with Crippen molar-refractivity contribution in [3.63, 3.8) is 0 Å². The van der Waals surface area contributed by atoms with Crippen LogP contribution in [0.2, 0.25) is 0 Å². The van der Waals surface area contributed by atoms with E-state index in [0.29, 0.717) is 0 Å². The average molecular weight is 237 g/mol. The lowest BCUT2D eigenvalue weighted by Crippen LogP contribution is -2.44. The van der Waals surface area contributed by atoms with Crippen molar-refractivity contribution < 1.29 is 0 Å². The normalized spacial score (nSPS) is 18.3. The first-order valence-corrected chi connectivity index (χ1v) is 6.71. The number of nitrogens with one attached hydrogen (secondary N) is 1. The fourth-order valence-corrected chi connectivity index (χ4v) is 2.61. The molecule has 16 heavy (non-hydrogen) atoms. The van der Waals surface area contributed by atoms with Gasteiger partial charge in [0, 0.05) is 43.8 Å². The van der Waals surface area contributed by atoms with Gasteiger partial charge in [0.25, 0.3) is 0 Å². The predicted molar refractivity (Wildman–Crippen MR) is 70.8 cm³/mol. The third-order valence-electron chi connectivity index (χ3n) is 2.87. The van der Waals surface area contributed by atoms with Crippen LogP contribution in [-0.4, -0.2) is 50.4 Å². The zero-order chi connectivity index (χ0) is 11.2. The van der Waals surface area contributed by atoms with Crippen LogP contribution in [0.4, 0.5) is 0 Å². The number of aliphatic imine (C=N–C) groups is 1. The molecule has 0 unspecified atom stereocenters. The summed E-state index contributed by atoms with van der Waals surface area (Å²) in [5.41, 5.74) is 1.33. The lowest BCUT2D eigenvalue weighted by atomic mass is 10.3. The van der Waals surface area contributed by atoms with Gasteiger partial charge in [-0.05, 0) is 23.9 Å². The number of piperazine rings is 1. The Hall–Kier alpha value is -0.710. The standard InChI is InChI=1S/C12H19N3S/c1-11-2-9-16-12(11)10-14-5-8-15-6-3-13-4-7-15/h2,9-10,13H,3-8H2,1H3. The van der Waals surface area contributed by atoms with Gasteiger partial charge >= 0.3 is 0 Å². The van der Waals surface area contributed by atoms with E-state index in [1.165, 1.54) is 10.4 Å². The Bertz CT molecular complexity index is 340. The average Bonchev–Trinajstić information content (AvgIpc) is 2.72. The second-order valence-electron chi connectivity index (χ2n) is 4.09. The highest BCUT2D eigenvalue weighted by Gasteiger charge is 2.07. The van der Waals surface area contributed by atoms with Crippen molar-refractivity contribution in [3.05, 3.63) is 21.9 Å². The van der Waals surface area contributed by atoms with Crippen molar-refractivity contribution in [1.82, 2.24) is 10.2 Å². The molecule has 0 amide bonds. The first kappa shape index (κ1) is 11.8. The number of aryl methyl sites for hydroxylation is 1. The molecule has 4 heteroatoms. The SMILES string of the molecule is Cc1ccsc1C=NCCN1CCNCC1. The first-order chi connectivity index (χ1) is 7.86. The number of rotatable bonds is 4. The quantitative estimate of drug-likeness (QED) is 0.801. The van der Waals surface area contributed by atoms with Crippen LogP contribution in [0.3, 0.4) is 0 Å². The molecule has 0 saturated carbocycles. The minimum absolute atomic E-state index is 0.914. The summed E-state index contributed by atoms with van der Waals surface area (Å²) in [7, 11) is 0. The van der Waals surface area contributed by atoms with Crippen molar-refractivity contribution in [2.75, 3.05) is 39.3 Å². The van der Waals surface area contributed by atoms with Gasteiger partial charge in [-0.3, -0.25) is 9.89 Å². The zero-order valence-electron chi connectivity index (χ0n) is 9.78. The summed E-state index contributed by atoms with van der Waals surface area (Å²) in [5, 5.41) is 5.47. The van der Waals surface area contributed by atoms with Crippen LogP contribution < -0.4 is 5.32 Å². The van der Waals surface area contributed by atoms with Crippen LogP contribution in [-0.2, 0) is 0 Å². The minimum Gasteiger partial charge on any atom is -0.314 e. The summed E-state index contributed by atoms with van der Waals surface area (Å²) in [5.74, 6) is 0. The maximum absolute atomic E-state index is 4.49. The Kier molecular flexibility index (Phi) is 4.51. The lowest BCUT2D eigenvalue weighted by Gasteiger charge is -2.26. The summed E-state index contributed by atoms with van der Waals surface area (Å²) in [6.45, 7) is 8.69. The molecule has 1 aromatic rings. The number of hydrogen-bond donors (Lipinski definition) is 1. The van der Waals surface area contributed by atoms with E-state index in [1.54, 1.807) is 11.3 Å². The molecule has 1 saturated heterocycles. The zero-order valence-corrected chi connectivity index (χ0v) is 10.6. The third kappa shape index (κ3) is 3.40. The van der Waals surface area contributed by atoms with Gasteiger partial charge < -0.3 is 5.32 Å². The molecule has 0 aliphatic carbocycles. The maximum Gasteiger partial charge on any atom is 0.0517 e. The molecule has 0 radical (unpaired) electrons. The summed E-state index contributed by atoms with van der Waals surface area (Å²) >= 11 is 1.76. The molecule has 0 spiro atoms. The van der Waals surface area contributed by atoms with E-state index in [2.05, 4.69) is 33.6 Å². The molecule has 2 rings (SSSR count). The van der Waals surface area contributed by atoms with Crippen LogP contribution in [0.25, 0.3) is 0 Å². The van der Waals surface area contributed by atoms with E-state index < -0.39 is 0 Å². The maximum atomic E-state index is 4.49. The molecule has 1 N–H and O–H groups in total. The molecule has 1 aliphatic heterocycles. The minimum atomic E-state index is 0.914. The molecular weight excluding hydrogens is 218 g/mol. The molecule has 2 heterocycles. The van der Waals surface area contributed by atoms with Crippen molar-refractivity contribution >= 4 is 17.6 Å². The van der Waals surface area contributed by atoms with Crippen molar-refractivity contribution in [1.29, 1.82) is 0 Å². The fraction of sp³-hybridized carbons (Fsp3) is 0.583. The van der Waals surface area contributed by atoms with E-state index in [0.717, 1.165) is 39.3 Å². The summed E-state index contributed by atoms with van der Waals surface area (Å²) < 4.78 is 0. The number of thiophene rings is 1. The van der Waals surface area contributed by atoms with Gasteiger partial charge in [-0.15, -0.1) is 11.3 Å². The van der Waals surface area contributed by atoms with Gasteiger partial charge in [0.15, 0.2) is 0 Å². The third-order valence-corrected chi connectivity index (χ3v) is 3.82. The highest BCUT2D eigenvalue weighted by atomic mass is 32.1. The molecule has 0 atom stereocenters. The van der Waals surface area contributed by atoms with Crippen LogP contribution in [0, 0.1) is 6.92 Å². The van der Waals surface area contributed by atoms with E-state index >= 15 is 0 Å². The fourth-order valence-electron chi connectivity index (χ4n) is 1.80.